The highest BCUT2D eigenvalue weighted by Crippen LogP contribution is 2.48. The first kappa shape index (κ1) is 10.1. The van der Waals surface area contributed by atoms with E-state index >= 15 is 0 Å². The molecule has 86 valence electrons. The second-order valence-electron chi connectivity index (χ2n) is 4.18. The lowest BCUT2D eigenvalue weighted by Gasteiger charge is -2.42. The minimum Gasteiger partial charge on any atom is -0.369 e. The van der Waals surface area contributed by atoms with Crippen LogP contribution in [0.5, 0.6) is 0 Å². The summed E-state index contributed by atoms with van der Waals surface area (Å²) in [5.41, 5.74) is 6.26. The van der Waals surface area contributed by atoms with Gasteiger partial charge in [-0.25, -0.2) is 17.7 Å². The van der Waals surface area contributed by atoms with E-state index in [0.29, 0.717) is 6.42 Å². The van der Waals surface area contributed by atoms with Gasteiger partial charge < -0.3 is 5.73 Å². The van der Waals surface area contributed by atoms with Crippen molar-refractivity contribution in [3.63, 3.8) is 0 Å². The van der Waals surface area contributed by atoms with Crippen molar-refractivity contribution in [2.45, 2.75) is 12.0 Å². The van der Waals surface area contributed by atoms with Crippen molar-refractivity contribution in [2.24, 2.45) is 10.7 Å². The molecule has 16 heavy (non-hydrogen) atoms. The van der Waals surface area contributed by atoms with E-state index < -0.39 is 15.6 Å². The number of nitrogens with two attached hydrogens (primary N) is 1. The minimum atomic E-state index is -3.32. The molecule has 2 aliphatic rings. The first-order valence-electron chi connectivity index (χ1n) is 4.83. The predicted molar refractivity (Wildman–Crippen MR) is 62.9 cm³/mol. The molecule has 1 aliphatic carbocycles. The van der Waals surface area contributed by atoms with Gasteiger partial charge in [-0.3, -0.25) is 0 Å². The standard InChI is InChI=1S/C9H11N3O2S2/c1-12-8(10)11-9(5-16(12,13)14)4-6-2-3-15-7(6)9/h2-3H,4-5H2,1H3,(H2,10,11)/t9-/m0/s1. The largest absolute Gasteiger partial charge is 0.369 e. The molecular formula is C9H11N3O2S2. The molecule has 1 aromatic rings. The zero-order valence-electron chi connectivity index (χ0n) is 8.67. The van der Waals surface area contributed by atoms with Crippen LogP contribution in [-0.2, 0) is 22.0 Å². The summed E-state index contributed by atoms with van der Waals surface area (Å²) in [6.07, 6.45) is 0.680. The molecule has 1 aliphatic heterocycles. The Morgan fingerprint density at radius 1 is 1.62 bits per heavy atom. The molecule has 1 spiro atoms. The van der Waals surface area contributed by atoms with Crippen molar-refractivity contribution in [3.8, 4) is 0 Å². The van der Waals surface area contributed by atoms with E-state index in [1.165, 1.54) is 12.6 Å². The molecule has 0 unspecified atom stereocenters. The maximum absolute atomic E-state index is 11.9. The number of fused-ring (bicyclic) bond motifs is 2. The molecule has 0 fully saturated rings. The van der Waals surface area contributed by atoms with E-state index in [0.717, 1.165) is 9.18 Å². The summed E-state index contributed by atoms with van der Waals surface area (Å²) in [7, 11) is -1.88. The molecule has 1 aromatic heterocycles. The van der Waals surface area contributed by atoms with Gasteiger partial charge in [0.05, 0.1) is 0 Å². The number of hydrogen-bond acceptors (Lipinski definition) is 5. The molecule has 0 aromatic carbocycles. The zero-order chi connectivity index (χ0) is 11.6. The maximum atomic E-state index is 11.9. The van der Waals surface area contributed by atoms with Gasteiger partial charge in [0, 0.05) is 18.3 Å². The van der Waals surface area contributed by atoms with Gasteiger partial charge >= 0.3 is 0 Å². The number of rotatable bonds is 0. The van der Waals surface area contributed by atoms with Crippen molar-refractivity contribution < 1.29 is 8.42 Å². The highest BCUT2D eigenvalue weighted by Gasteiger charge is 2.51. The van der Waals surface area contributed by atoms with Crippen molar-refractivity contribution in [2.75, 3.05) is 12.8 Å². The fourth-order valence-electron chi connectivity index (χ4n) is 2.24. The summed E-state index contributed by atoms with van der Waals surface area (Å²) in [6.45, 7) is 0. The maximum Gasteiger partial charge on any atom is 0.239 e. The van der Waals surface area contributed by atoms with Gasteiger partial charge in [0.2, 0.25) is 16.0 Å². The van der Waals surface area contributed by atoms with Gasteiger partial charge in [-0.2, -0.15) is 0 Å². The number of aliphatic imine (C=N–C) groups is 1. The minimum absolute atomic E-state index is 0.0325. The Kier molecular flexibility index (Phi) is 1.75. The van der Waals surface area contributed by atoms with Crippen LogP contribution in [0.15, 0.2) is 16.4 Å². The Hall–Kier alpha value is -1.08. The lowest BCUT2D eigenvalue weighted by molar-refractivity contribution is 0.411. The van der Waals surface area contributed by atoms with Crippen molar-refractivity contribution in [1.29, 1.82) is 0 Å². The molecule has 0 amide bonds. The molecular weight excluding hydrogens is 246 g/mol. The SMILES string of the molecule is CN1C(N)=N[C@@]2(Cc3ccsc32)CS1(=O)=O. The van der Waals surface area contributed by atoms with Crippen molar-refractivity contribution in [3.05, 3.63) is 21.9 Å². The predicted octanol–water partition coefficient (Wildman–Crippen LogP) is 0.0894. The number of guanidine groups is 1. The summed E-state index contributed by atoms with van der Waals surface area (Å²) >= 11 is 1.55. The topological polar surface area (TPSA) is 75.8 Å². The van der Waals surface area contributed by atoms with Gasteiger partial charge in [0.1, 0.15) is 11.3 Å². The third-order valence-corrected chi connectivity index (χ3v) is 6.16. The third kappa shape index (κ3) is 1.10. The number of sulfonamides is 1. The normalized spacial score (nSPS) is 30.8. The molecule has 7 heteroatoms. The van der Waals surface area contributed by atoms with Gasteiger partial charge in [0.25, 0.3) is 0 Å². The Labute approximate surface area is 97.6 Å². The van der Waals surface area contributed by atoms with E-state index in [-0.39, 0.29) is 11.7 Å². The van der Waals surface area contributed by atoms with Gasteiger partial charge in [-0.05, 0) is 17.0 Å². The van der Waals surface area contributed by atoms with E-state index in [2.05, 4.69) is 4.99 Å². The molecule has 5 nitrogen and oxygen atoms in total. The summed E-state index contributed by atoms with van der Waals surface area (Å²) in [5.74, 6) is 0.121. The Morgan fingerprint density at radius 3 is 3.00 bits per heavy atom. The lowest BCUT2D eigenvalue weighted by atomic mass is 9.79. The van der Waals surface area contributed by atoms with E-state index in [1.54, 1.807) is 11.3 Å². The quantitative estimate of drug-likeness (QED) is 0.715. The van der Waals surface area contributed by atoms with Crippen LogP contribution in [0.1, 0.15) is 10.4 Å². The molecule has 2 N–H and O–H groups in total. The molecule has 0 bridgehead atoms. The molecule has 3 rings (SSSR count). The number of thiophene rings is 1. The van der Waals surface area contributed by atoms with Crippen LogP contribution in [0.3, 0.4) is 0 Å². The van der Waals surface area contributed by atoms with Crippen LogP contribution < -0.4 is 5.73 Å². The molecule has 0 saturated heterocycles. The number of nitrogens with zero attached hydrogens (tertiary/aromatic N) is 2. The van der Waals surface area contributed by atoms with E-state index in [1.807, 2.05) is 11.4 Å². The Morgan fingerprint density at radius 2 is 2.38 bits per heavy atom. The summed E-state index contributed by atoms with van der Waals surface area (Å²) < 4.78 is 24.9. The van der Waals surface area contributed by atoms with Crippen molar-refractivity contribution in [1.82, 2.24) is 4.31 Å². The first-order valence-corrected chi connectivity index (χ1v) is 7.32. The lowest BCUT2D eigenvalue weighted by Crippen LogP contribution is -2.54. The van der Waals surface area contributed by atoms with Crippen molar-refractivity contribution >= 4 is 27.3 Å². The molecule has 0 saturated carbocycles. The smallest absolute Gasteiger partial charge is 0.239 e. The fourth-order valence-corrected chi connectivity index (χ4v) is 4.84. The van der Waals surface area contributed by atoms with E-state index in [9.17, 15) is 8.42 Å². The average Bonchev–Trinajstić information content (AvgIpc) is 2.56. The van der Waals surface area contributed by atoms with Crippen LogP contribution in [-0.4, -0.2) is 31.5 Å². The first-order chi connectivity index (χ1) is 7.45. The van der Waals surface area contributed by atoms with Crippen LogP contribution in [0.2, 0.25) is 0 Å². The monoisotopic (exact) mass is 257 g/mol. The average molecular weight is 257 g/mol. The van der Waals surface area contributed by atoms with Crippen LogP contribution >= 0.6 is 11.3 Å². The summed E-state index contributed by atoms with van der Waals surface area (Å²) in [5, 5.41) is 1.97. The molecule has 1 atom stereocenters. The summed E-state index contributed by atoms with van der Waals surface area (Å²) in [4.78, 5) is 5.41. The Balaban J connectivity index is 2.15. The Bertz CT molecular complexity index is 590. The zero-order valence-corrected chi connectivity index (χ0v) is 10.3. The van der Waals surface area contributed by atoms with Crippen LogP contribution in [0.4, 0.5) is 0 Å². The van der Waals surface area contributed by atoms with Gasteiger partial charge in [-0.15, -0.1) is 11.3 Å². The highest BCUT2D eigenvalue weighted by molar-refractivity contribution is 7.89. The molecule has 0 radical (unpaired) electrons. The second kappa shape index (κ2) is 2.78. The van der Waals surface area contributed by atoms with Crippen LogP contribution in [0.25, 0.3) is 0 Å². The van der Waals surface area contributed by atoms with E-state index in [4.69, 9.17) is 5.73 Å². The highest BCUT2D eigenvalue weighted by atomic mass is 32.2. The number of hydrogen-bond donors (Lipinski definition) is 1. The fraction of sp³-hybridized carbons (Fsp3) is 0.444. The summed E-state index contributed by atoms with van der Waals surface area (Å²) in [6, 6.07) is 2.02. The van der Waals surface area contributed by atoms with Gasteiger partial charge in [-0.1, -0.05) is 0 Å². The third-order valence-electron chi connectivity index (χ3n) is 3.14. The molecule has 2 heterocycles. The van der Waals surface area contributed by atoms with Gasteiger partial charge in [0.15, 0.2) is 0 Å². The van der Waals surface area contributed by atoms with Crippen LogP contribution in [0, 0.1) is 0 Å². The second-order valence-corrected chi connectivity index (χ2v) is 7.09.